The number of hydrogen-bond acceptors (Lipinski definition) is 8. The van der Waals surface area contributed by atoms with Gasteiger partial charge in [0.1, 0.15) is 6.10 Å². The maximum Gasteiger partial charge on any atom is 0.410 e. The molecule has 1 aromatic carbocycles. The van der Waals surface area contributed by atoms with E-state index >= 15 is 0 Å². The van der Waals surface area contributed by atoms with E-state index in [4.69, 9.17) is 4.74 Å². The number of ketones is 1. The van der Waals surface area contributed by atoms with Crippen molar-refractivity contribution in [3.05, 3.63) is 83.3 Å². The molecule has 1 fully saturated rings. The summed E-state index contributed by atoms with van der Waals surface area (Å²) in [4.78, 5) is 39.2. The Bertz CT molecular complexity index is 1430. The summed E-state index contributed by atoms with van der Waals surface area (Å²) < 4.78 is 34.5. The third kappa shape index (κ3) is 4.36. The molecule has 2 unspecified atom stereocenters. The Morgan fingerprint density at radius 2 is 1.82 bits per heavy atom. The molecule has 39 heavy (non-hydrogen) atoms. The minimum absolute atomic E-state index is 0.00600. The summed E-state index contributed by atoms with van der Waals surface area (Å²) in [5.41, 5.74) is -1.55. The number of Topliss-reactive ketones (excluding diaryl/α,β-unsaturated/α-hetero) is 1. The molecule has 6 rings (SSSR count). The summed E-state index contributed by atoms with van der Waals surface area (Å²) in [6.07, 6.45) is 2.91. The Hall–Kier alpha value is -4.12. The Balaban J connectivity index is 1.17. The van der Waals surface area contributed by atoms with E-state index < -0.39 is 40.8 Å². The first kappa shape index (κ1) is 25.2. The lowest BCUT2D eigenvalue weighted by atomic mass is 9.83. The number of benzene rings is 1. The standard InChI is InChI=1S/C28H27F2N5O4/c29-20-6-1-5-19(23(20)30)28(38)11-8-22(24-18(25(28)36)4-2-12-31-24)39-27(37)34-14-9-17(10-15-34)35-16-33-26-21(35)7-3-13-32-26/h1-7,12-13,17,22,38H,8-11,14-16H2,(H,32,33). The maximum atomic E-state index is 14.7. The van der Waals surface area contributed by atoms with Gasteiger partial charge in [-0.15, -0.1) is 0 Å². The molecule has 2 atom stereocenters. The van der Waals surface area contributed by atoms with Crippen LogP contribution >= 0.6 is 0 Å². The Morgan fingerprint density at radius 1 is 1.05 bits per heavy atom. The number of fused-ring (bicyclic) bond motifs is 2. The first-order valence-corrected chi connectivity index (χ1v) is 12.9. The summed E-state index contributed by atoms with van der Waals surface area (Å²) in [7, 11) is 0. The predicted molar refractivity (Wildman–Crippen MR) is 137 cm³/mol. The zero-order valence-corrected chi connectivity index (χ0v) is 21.0. The molecule has 2 aromatic heterocycles. The number of hydrogen-bond donors (Lipinski definition) is 2. The van der Waals surface area contributed by atoms with Crippen molar-refractivity contribution in [3.63, 3.8) is 0 Å². The number of rotatable bonds is 3. The third-order valence-corrected chi connectivity index (χ3v) is 7.85. The van der Waals surface area contributed by atoms with E-state index in [9.17, 15) is 23.5 Å². The highest BCUT2D eigenvalue weighted by atomic mass is 19.2. The molecule has 4 heterocycles. The number of nitrogens with one attached hydrogen (secondary N) is 1. The predicted octanol–water partition coefficient (Wildman–Crippen LogP) is 4.15. The highest BCUT2D eigenvalue weighted by Crippen LogP contribution is 2.41. The van der Waals surface area contributed by atoms with Crippen LogP contribution in [0.15, 0.2) is 54.9 Å². The van der Waals surface area contributed by atoms with Gasteiger partial charge in [-0.25, -0.2) is 18.6 Å². The topological polar surface area (TPSA) is 108 Å². The summed E-state index contributed by atoms with van der Waals surface area (Å²) in [5, 5.41) is 14.7. The molecular weight excluding hydrogens is 508 g/mol. The zero-order valence-electron chi connectivity index (χ0n) is 21.0. The van der Waals surface area contributed by atoms with Gasteiger partial charge in [-0.2, -0.15) is 0 Å². The van der Waals surface area contributed by atoms with Crippen molar-refractivity contribution in [2.75, 3.05) is 30.0 Å². The number of carbonyl (C=O) groups is 2. The summed E-state index contributed by atoms with van der Waals surface area (Å²) in [5.74, 6) is -2.42. The number of pyridine rings is 2. The SMILES string of the molecule is O=C(OC1CCC(O)(c2cccc(F)c2F)C(=O)c2cccnc21)N1CCC(N2CNc3ncccc32)CC1. The van der Waals surface area contributed by atoms with Crippen LogP contribution in [-0.2, 0) is 10.3 Å². The molecule has 1 aliphatic carbocycles. The second-order valence-electron chi connectivity index (χ2n) is 10.0. The Kier molecular flexibility index (Phi) is 6.38. The van der Waals surface area contributed by atoms with Crippen LogP contribution in [-0.4, -0.2) is 57.7 Å². The van der Waals surface area contributed by atoms with Crippen molar-refractivity contribution in [1.29, 1.82) is 0 Å². The van der Waals surface area contributed by atoms with Crippen LogP contribution in [0.2, 0.25) is 0 Å². The fourth-order valence-corrected chi connectivity index (χ4v) is 5.77. The van der Waals surface area contributed by atoms with Gasteiger partial charge in [0.15, 0.2) is 23.1 Å². The molecule has 11 heteroatoms. The highest BCUT2D eigenvalue weighted by Gasteiger charge is 2.46. The molecule has 1 amide bonds. The quantitative estimate of drug-likeness (QED) is 0.482. The van der Waals surface area contributed by atoms with Crippen LogP contribution < -0.4 is 10.2 Å². The van der Waals surface area contributed by atoms with Crippen molar-refractivity contribution in [1.82, 2.24) is 14.9 Å². The smallest absolute Gasteiger partial charge is 0.410 e. The number of aliphatic hydroxyl groups is 1. The molecule has 1 saturated heterocycles. The lowest BCUT2D eigenvalue weighted by Gasteiger charge is -2.37. The van der Waals surface area contributed by atoms with Crippen LogP contribution in [0.5, 0.6) is 0 Å². The fourth-order valence-electron chi connectivity index (χ4n) is 5.77. The molecule has 202 valence electrons. The molecule has 2 aliphatic heterocycles. The molecule has 3 aromatic rings. The first-order chi connectivity index (χ1) is 18.9. The minimum atomic E-state index is -2.33. The monoisotopic (exact) mass is 535 g/mol. The van der Waals surface area contributed by atoms with Gasteiger partial charge in [-0.3, -0.25) is 9.78 Å². The zero-order chi connectivity index (χ0) is 27.1. The van der Waals surface area contributed by atoms with Gasteiger partial charge >= 0.3 is 6.09 Å². The van der Waals surface area contributed by atoms with Crippen LogP contribution in [0.25, 0.3) is 0 Å². The van der Waals surface area contributed by atoms with E-state index in [0.29, 0.717) is 19.8 Å². The van der Waals surface area contributed by atoms with Crippen LogP contribution in [0.1, 0.15) is 53.4 Å². The first-order valence-electron chi connectivity index (χ1n) is 12.9. The average Bonchev–Trinajstić information content (AvgIpc) is 3.36. The van der Waals surface area contributed by atoms with Crippen molar-refractivity contribution < 1.29 is 28.2 Å². The lowest BCUT2D eigenvalue weighted by molar-refractivity contribution is 0.0111. The van der Waals surface area contributed by atoms with E-state index in [1.165, 1.54) is 30.5 Å². The molecular formula is C28H27F2N5O4. The molecule has 2 N–H and O–H groups in total. The van der Waals surface area contributed by atoms with Crippen molar-refractivity contribution in [2.45, 2.75) is 43.4 Å². The number of nitrogens with zero attached hydrogens (tertiary/aromatic N) is 4. The summed E-state index contributed by atoms with van der Waals surface area (Å²) in [6, 6.07) is 10.5. The van der Waals surface area contributed by atoms with E-state index in [0.717, 1.165) is 30.4 Å². The van der Waals surface area contributed by atoms with Gasteiger partial charge in [0, 0.05) is 42.7 Å². The summed E-state index contributed by atoms with van der Waals surface area (Å²) in [6.45, 7) is 1.62. The molecule has 9 nitrogen and oxygen atoms in total. The lowest BCUT2D eigenvalue weighted by Crippen LogP contribution is -2.47. The van der Waals surface area contributed by atoms with Gasteiger partial charge in [-0.1, -0.05) is 12.1 Å². The number of carbonyl (C=O) groups excluding carboxylic acids is 2. The molecule has 0 radical (unpaired) electrons. The van der Waals surface area contributed by atoms with Crippen molar-refractivity contribution in [2.24, 2.45) is 0 Å². The largest absolute Gasteiger partial charge is 0.440 e. The second-order valence-corrected chi connectivity index (χ2v) is 10.0. The van der Waals surface area contributed by atoms with Gasteiger partial charge in [0.25, 0.3) is 0 Å². The van der Waals surface area contributed by atoms with Gasteiger partial charge in [-0.05, 0) is 56.0 Å². The maximum absolute atomic E-state index is 14.7. The fraction of sp³-hybridized carbons (Fsp3) is 0.357. The molecule has 0 spiro atoms. The Morgan fingerprint density at radius 3 is 2.64 bits per heavy atom. The normalized spacial score (nSPS) is 23.1. The van der Waals surface area contributed by atoms with Crippen LogP contribution in [0.4, 0.5) is 25.1 Å². The number of aromatic nitrogens is 2. The van der Waals surface area contributed by atoms with E-state index in [1.54, 1.807) is 11.1 Å². The van der Waals surface area contributed by atoms with E-state index in [-0.39, 0.29) is 30.1 Å². The second kappa shape index (κ2) is 9.88. The number of anilines is 2. The number of amides is 1. The van der Waals surface area contributed by atoms with Gasteiger partial charge in [0.2, 0.25) is 5.78 Å². The van der Waals surface area contributed by atoms with Gasteiger partial charge < -0.3 is 25.0 Å². The van der Waals surface area contributed by atoms with E-state index in [1.807, 2.05) is 12.1 Å². The third-order valence-electron chi connectivity index (χ3n) is 7.85. The Labute approximate surface area is 223 Å². The van der Waals surface area contributed by atoms with Crippen molar-refractivity contribution in [3.8, 4) is 0 Å². The average molecular weight is 536 g/mol. The van der Waals surface area contributed by atoms with Crippen molar-refractivity contribution >= 4 is 23.4 Å². The van der Waals surface area contributed by atoms with Crippen LogP contribution in [0, 0.1) is 11.6 Å². The number of ether oxygens (including phenoxy) is 1. The highest BCUT2D eigenvalue weighted by molar-refractivity contribution is 6.04. The number of piperidine rings is 1. The van der Waals surface area contributed by atoms with Gasteiger partial charge in [0.05, 0.1) is 18.1 Å². The summed E-state index contributed by atoms with van der Waals surface area (Å²) >= 11 is 0. The molecule has 3 aliphatic rings. The molecule has 0 bridgehead atoms. The van der Waals surface area contributed by atoms with E-state index in [2.05, 4.69) is 20.2 Å². The number of likely N-dealkylation sites (tertiary alicyclic amines) is 1. The van der Waals surface area contributed by atoms with Crippen LogP contribution in [0.3, 0.4) is 0 Å². The molecule has 0 saturated carbocycles. The number of halogens is 2. The minimum Gasteiger partial charge on any atom is -0.440 e.